The number of hydrogen-bond acceptors (Lipinski definition) is 2. The normalized spacial score (nSPS) is 10.6. The number of carbonyl (C=O) groups is 2. The number of hydrogen-bond donors (Lipinski definition) is 2. The molecular weight excluding hydrogens is 292 g/mol. The second-order valence-electron chi connectivity index (χ2n) is 5.93. The molecule has 0 saturated heterocycles. The number of aryl methyl sites for hydroxylation is 1. The van der Waals surface area contributed by atoms with Crippen molar-refractivity contribution >= 4 is 11.9 Å². The zero-order valence-electron chi connectivity index (χ0n) is 13.7. The van der Waals surface area contributed by atoms with Crippen LogP contribution in [0, 0.1) is 27.7 Å². The van der Waals surface area contributed by atoms with Gasteiger partial charge in [0.05, 0.1) is 11.1 Å². The highest BCUT2D eigenvalue weighted by molar-refractivity contribution is 5.94. The molecule has 0 radical (unpaired) electrons. The van der Waals surface area contributed by atoms with E-state index in [1.54, 1.807) is 12.1 Å². The summed E-state index contributed by atoms with van der Waals surface area (Å²) in [6, 6.07) is 6.36. The smallest absolute Gasteiger partial charge is 0.335 e. The third kappa shape index (κ3) is 3.42. The zero-order valence-corrected chi connectivity index (χ0v) is 13.7. The lowest BCUT2D eigenvalue weighted by atomic mass is 9.90. The van der Waals surface area contributed by atoms with Crippen LogP contribution in [-0.2, 0) is 6.42 Å². The molecule has 0 aliphatic carbocycles. The molecule has 0 saturated carbocycles. The van der Waals surface area contributed by atoms with Gasteiger partial charge in [-0.3, -0.25) is 0 Å². The van der Waals surface area contributed by atoms with Crippen molar-refractivity contribution in [1.82, 2.24) is 0 Å². The van der Waals surface area contributed by atoms with Crippen LogP contribution in [0.25, 0.3) is 0 Å². The maximum Gasteiger partial charge on any atom is 0.335 e. The summed E-state index contributed by atoms with van der Waals surface area (Å²) < 4.78 is 0. The molecule has 0 atom stereocenters. The maximum atomic E-state index is 11.2. The van der Waals surface area contributed by atoms with Crippen LogP contribution < -0.4 is 0 Å². The molecule has 0 aliphatic rings. The van der Waals surface area contributed by atoms with Crippen molar-refractivity contribution < 1.29 is 19.8 Å². The first kappa shape index (κ1) is 16.7. The average molecular weight is 312 g/mol. The zero-order chi connectivity index (χ0) is 17.3. The minimum absolute atomic E-state index is 0.00175. The van der Waals surface area contributed by atoms with E-state index < -0.39 is 11.9 Å². The molecule has 120 valence electrons. The fourth-order valence-corrected chi connectivity index (χ4v) is 2.74. The molecule has 0 aliphatic heterocycles. The molecule has 2 aromatic carbocycles. The van der Waals surface area contributed by atoms with Gasteiger partial charge < -0.3 is 10.2 Å². The molecule has 4 heteroatoms. The molecule has 0 bridgehead atoms. The molecule has 4 nitrogen and oxygen atoms in total. The van der Waals surface area contributed by atoms with Gasteiger partial charge in [0, 0.05) is 0 Å². The number of aromatic carboxylic acids is 2. The van der Waals surface area contributed by atoms with Gasteiger partial charge in [0.2, 0.25) is 0 Å². The van der Waals surface area contributed by atoms with Crippen LogP contribution in [0.15, 0.2) is 24.3 Å². The molecule has 0 heterocycles. The molecule has 23 heavy (non-hydrogen) atoms. The van der Waals surface area contributed by atoms with Crippen molar-refractivity contribution in [1.29, 1.82) is 0 Å². The van der Waals surface area contributed by atoms with Crippen molar-refractivity contribution in [2.45, 2.75) is 34.1 Å². The van der Waals surface area contributed by atoms with Crippen LogP contribution in [-0.4, -0.2) is 22.2 Å². The fraction of sp³-hybridized carbons (Fsp3) is 0.263. The Bertz CT molecular complexity index is 771. The summed E-state index contributed by atoms with van der Waals surface area (Å²) in [7, 11) is 0. The number of benzene rings is 2. The Morgan fingerprint density at radius 1 is 0.783 bits per heavy atom. The van der Waals surface area contributed by atoms with Crippen molar-refractivity contribution in [2.24, 2.45) is 0 Å². The van der Waals surface area contributed by atoms with Gasteiger partial charge in [-0.05, 0) is 85.7 Å². The number of rotatable bonds is 4. The molecular formula is C19H20O4. The lowest BCUT2D eigenvalue weighted by Gasteiger charge is -2.15. The Morgan fingerprint density at radius 2 is 1.30 bits per heavy atom. The van der Waals surface area contributed by atoms with E-state index in [2.05, 4.69) is 19.9 Å². The summed E-state index contributed by atoms with van der Waals surface area (Å²) in [4.78, 5) is 22.4. The standard InChI is InChI=1S/C19H20O4/c1-10-5-15(13(4)12(3)11(10)2)6-14-7-16(18(20)21)9-17(8-14)19(22)23/h5,7-9H,6H2,1-4H3,(H,20,21)(H,22,23). The first-order chi connectivity index (χ1) is 10.7. The molecule has 2 N–H and O–H groups in total. The van der Waals surface area contributed by atoms with Crippen LogP contribution in [0.2, 0.25) is 0 Å². The van der Waals surface area contributed by atoms with Crippen LogP contribution in [0.3, 0.4) is 0 Å². The van der Waals surface area contributed by atoms with Crippen LogP contribution in [0.4, 0.5) is 0 Å². The van der Waals surface area contributed by atoms with Crippen molar-refractivity contribution in [2.75, 3.05) is 0 Å². The molecule has 0 aromatic heterocycles. The second-order valence-corrected chi connectivity index (χ2v) is 5.93. The maximum absolute atomic E-state index is 11.2. The highest BCUT2D eigenvalue weighted by atomic mass is 16.4. The van der Waals surface area contributed by atoms with Crippen molar-refractivity contribution in [3.8, 4) is 0 Å². The van der Waals surface area contributed by atoms with E-state index in [9.17, 15) is 9.59 Å². The predicted octanol–water partition coefficient (Wildman–Crippen LogP) is 3.91. The Morgan fingerprint density at radius 3 is 1.78 bits per heavy atom. The summed E-state index contributed by atoms with van der Waals surface area (Å²) in [5.74, 6) is -2.25. The minimum atomic E-state index is -1.12. The number of carboxylic acid groups (broad SMARTS) is 2. The lowest BCUT2D eigenvalue weighted by molar-refractivity contribution is 0.0696. The van der Waals surface area contributed by atoms with Gasteiger partial charge >= 0.3 is 11.9 Å². The average Bonchev–Trinajstić information content (AvgIpc) is 2.50. The predicted molar refractivity (Wildman–Crippen MR) is 88.6 cm³/mol. The van der Waals surface area contributed by atoms with Gasteiger partial charge in [-0.1, -0.05) is 6.07 Å². The van der Waals surface area contributed by atoms with Crippen LogP contribution in [0.5, 0.6) is 0 Å². The fourth-order valence-electron chi connectivity index (χ4n) is 2.74. The third-order valence-electron chi connectivity index (χ3n) is 4.47. The van der Waals surface area contributed by atoms with E-state index in [0.29, 0.717) is 12.0 Å². The van der Waals surface area contributed by atoms with Gasteiger partial charge in [-0.25, -0.2) is 9.59 Å². The van der Waals surface area contributed by atoms with E-state index in [1.807, 2.05) is 13.8 Å². The summed E-state index contributed by atoms with van der Waals surface area (Å²) in [5, 5.41) is 18.3. The third-order valence-corrected chi connectivity index (χ3v) is 4.47. The Kier molecular flexibility index (Phi) is 4.55. The first-order valence-electron chi connectivity index (χ1n) is 7.37. The SMILES string of the molecule is Cc1cc(Cc2cc(C(=O)O)cc(C(=O)O)c2)c(C)c(C)c1C. The molecule has 0 fully saturated rings. The highest BCUT2D eigenvalue weighted by Gasteiger charge is 2.13. The Labute approximate surface area is 135 Å². The molecule has 0 amide bonds. The van der Waals surface area contributed by atoms with E-state index in [0.717, 1.165) is 11.1 Å². The minimum Gasteiger partial charge on any atom is -0.478 e. The van der Waals surface area contributed by atoms with Gasteiger partial charge in [-0.15, -0.1) is 0 Å². The van der Waals surface area contributed by atoms with Gasteiger partial charge in [0.1, 0.15) is 0 Å². The van der Waals surface area contributed by atoms with E-state index in [4.69, 9.17) is 10.2 Å². The summed E-state index contributed by atoms with van der Waals surface area (Å²) in [6.07, 6.45) is 0.509. The lowest BCUT2D eigenvalue weighted by Crippen LogP contribution is -2.05. The van der Waals surface area contributed by atoms with Gasteiger partial charge in [0.15, 0.2) is 0 Å². The second kappa shape index (κ2) is 6.24. The van der Waals surface area contributed by atoms with E-state index in [1.165, 1.54) is 22.8 Å². The van der Waals surface area contributed by atoms with Gasteiger partial charge in [-0.2, -0.15) is 0 Å². The summed E-state index contributed by atoms with van der Waals surface area (Å²) in [6.45, 7) is 8.23. The van der Waals surface area contributed by atoms with Crippen LogP contribution >= 0.6 is 0 Å². The van der Waals surface area contributed by atoms with E-state index in [-0.39, 0.29) is 11.1 Å². The quantitative estimate of drug-likeness (QED) is 0.897. The molecule has 0 unspecified atom stereocenters. The molecule has 2 rings (SSSR count). The van der Waals surface area contributed by atoms with Gasteiger partial charge in [0.25, 0.3) is 0 Å². The summed E-state index contributed by atoms with van der Waals surface area (Å²) in [5.41, 5.74) is 6.57. The Hall–Kier alpha value is -2.62. The largest absolute Gasteiger partial charge is 0.478 e. The van der Waals surface area contributed by atoms with Crippen molar-refractivity contribution in [3.05, 3.63) is 68.8 Å². The Balaban J connectivity index is 2.52. The topological polar surface area (TPSA) is 74.6 Å². The van der Waals surface area contributed by atoms with Crippen molar-refractivity contribution in [3.63, 3.8) is 0 Å². The summed E-state index contributed by atoms with van der Waals surface area (Å²) >= 11 is 0. The molecule has 2 aromatic rings. The van der Waals surface area contributed by atoms with Crippen LogP contribution in [0.1, 0.15) is 54.1 Å². The number of carboxylic acids is 2. The monoisotopic (exact) mass is 312 g/mol. The first-order valence-corrected chi connectivity index (χ1v) is 7.37. The van der Waals surface area contributed by atoms with E-state index >= 15 is 0 Å². The molecule has 0 spiro atoms. The highest BCUT2D eigenvalue weighted by Crippen LogP contribution is 2.24.